The van der Waals surface area contributed by atoms with E-state index >= 15 is 0 Å². The maximum Gasteiger partial charge on any atom is 0.246 e. The number of likely N-dealkylation sites (tertiary alicyclic amines) is 2. The number of rotatable bonds is 20. The molecule has 55 heavy (non-hydrogen) atoms. The zero-order valence-corrected chi connectivity index (χ0v) is 34.1. The first-order valence-electron chi connectivity index (χ1n) is 19.7. The predicted molar refractivity (Wildman–Crippen MR) is 204 cm³/mol. The third-order valence-corrected chi connectivity index (χ3v) is 10.3. The van der Waals surface area contributed by atoms with Crippen molar-refractivity contribution < 1.29 is 43.5 Å². The number of aliphatic hydroxyl groups excluding tert-OH is 1. The third kappa shape index (κ3) is 13.5. The Morgan fingerprint density at radius 3 is 1.62 bits per heavy atom. The van der Waals surface area contributed by atoms with Gasteiger partial charge in [0.2, 0.25) is 47.3 Å². The summed E-state index contributed by atoms with van der Waals surface area (Å²) in [6.45, 7) is 15.7. The Labute approximate surface area is 325 Å². The van der Waals surface area contributed by atoms with Gasteiger partial charge in [0.1, 0.15) is 42.3 Å². The molecule has 0 spiro atoms. The molecule has 0 unspecified atom stereocenters. The molecule has 0 aromatic carbocycles. The average Bonchev–Trinajstić information content (AvgIpc) is 3.80. The molecule has 312 valence electrons. The number of aliphatic hydroxyl groups is 1. The van der Waals surface area contributed by atoms with Crippen molar-refractivity contribution in [1.29, 1.82) is 0 Å². The molecule has 17 nitrogen and oxygen atoms in total. The van der Waals surface area contributed by atoms with Crippen molar-refractivity contribution >= 4 is 47.3 Å². The number of carbonyl (C=O) groups is 8. The molecule has 0 aromatic heterocycles. The second-order valence-corrected chi connectivity index (χ2v) is 16.2. The highest BCUT2D eigenvalue weighted by molar-refractivity contribution is 5.98. The molecule has 2 aliphatic rings. The molecule has 17 heteroatoms. The first kappa shape index (κ1) is 46.9. The molecule has 0 saturated carbocycles. The Kier molecular flexibility index (Phi) is 18.5. The van der Waals surface area contributed by atoms with E-state index < -0.39 is 96.2 Å². The molecule has 0 bridgehead atoms. The summed E-state index contributed by atoms with van der Waals surface area (Å²) in [6.07, 6.45) is 2.97. The lowest BCUT2D eigenvalue weighted by Gasteiger charge is -2.33. The zero-order chi connectivity index (χ0) is 41.7. The van der Waals surface area contributed by atoms with Gasteiger partial charge in [-0.3, -0.25) is 38.4 Å². The highest BCUT2D eigenvalue weighted by Crippen LogP contribution is 2.23. The fraction of sp³-hybridized carbons (Fsp3) is 0.789. The largest absolute Gasteiger partial charge is 0.394 e. The lowest BCUT2D eigenvalue weighted by molar-refractivity contribution is -0.144. The van der Waals surface area contributed by atoms with E-state index in [1.807, 2.05) is 34.6 Å². The van der Waals surface area contributed by atoms with E-state index in [1.54, 1.807) is 20.8 Å². The van der Waals surface area contributed by atoms with Crippen molar-refractivity contribution in [2.75, 3.05) is 19.7 Å². The van der Waals surface area contributed by atoms with Gasteiger partial charge in [-0.15, -0.1) is 0 Å². The smallest absolute Gasteiger partial charge is 0.246 e. The fourth-order valence-electron chi connectivity index (χ4n) is 7.09. The molecule has 0 aliphatic carbocycles. The van der Waals surface area contributed by atoms with Crippen LogP contribution < -0.4 is 32.3 Å². The number of amides is 8. The van der Waals surface area contributed by atoms with Gasteiger partial charge in [0, 0.05) is 20.0 Å². The van der Waals surface area contributed by atoms with Gasteiger partial charge in [-0.2, -0.15) is 0 Å². The lowest BCUT2D eigenvalue weighted by Crippen LogP contribution is -2.62. The standard InChI is InChI=1S/C38H66N8O9/c1-10-23(8)31(38(55)46-16-12-13-28(46)34(51)41-25(32(39)49)17-20(2)3)44-33(50)27(19-47)42-36(53)30(22(6)7)43-35(52)29-14-11-15-45(29)37(54)26(18-21(4)5)40-24(9)48/h20-23,25-31,47H,10-19H2,1-9H3,(H2,39,49)(H,40,48)(H,41,51)(H,42,53)(H,43,52)(H,44,50)/t23-,25-,26-,27-,28-,29-,30-,31-/m0/s1. The maximum absolute atomic E-state index is 14.0. The van der Waals surface area contributed by atoms with Gasteiger partial charge in [-0.05, 0) is 62.2 Å². The number of nitrogens with one attached hydrogen (secondary N) is 5. The van der Waals surface area contributed by atoms with E-state index in [-0.39, 0.29) is 30.2 Å². The number of carbonyl (C=O) groups excluding carboxylic acids is 8. The van der Waals surface area contributed by atoms with E-state index in [0.717, 1.165) is 0 Å². The second-order valence-electron chi connectivity index (χ2n) is 16.2. The van der Waals surface area contributed by atoms with Gasteiger partial charge in [0.05, 0.1) is 6.61 Å². The molecule has 8 amide bonds. The summed E-state index contributed by atoms with van der Waals surface area (Å²) in [5.41, 5.74) is 5.52. The minimum atomic E-state index is -1.49. The van der Waals surface area contributed by atoms with Crippen LogP contribution in [0.15, 0.2) is 0 Å². The van der Waals surface area contributed by atoms with Crippen LogP contribution >= 0.6 is 0 Å². The van der Waals surface area contributed by atoms with Crippen molar-refractivity contribution in [2.45, 2.75) is 150 Å². The van der Waals surface area contributed by atoms with Gasteiger partial charge in [-0.1, -0.05) is 61.8 Å². The van der Waals surface area contributed by atoms with Crippen molar-refractivity contribution in [3.05, 3.63) is 0 Å². The Hall–Kier alpha value is -4.28. The summed E-state index contributed by atoms with van der Waals surface area (Å²) in [6, 6.07) is -7.21. The van der Waals surface area contributed by atoms with E-state index in [4.69, 9.17) is 5.73 Å². The van der Waals surface area contributed by atoms with Crippen LogP contribution in [-0.4, -0.2) is 124 Å². The summed E-state index contributed by atoms with van der Waals surface area (Å²) in [7, 11) is 0. The number of nitrogens with two attached hydrogens (primary N) is 1. The topological polar surface area (TPSA) is 249 Å². The number of hydrogen-bond acceptors (Lipinski definition) is 9. The van der Waals surface area contributed by atoms with Crippen LogP contribution in [0.1, 0.15) is 107 Å². The van der Waals surface area contributed by atoms with Crippen LogP contribution in [0.25, 0.3) is 0 Å². The van der Waals surface area contributed by atoms with E-state index in [2.05, 4.69) is 26.6 Å². The van der Waals surface area contributed by atoms with E-state index in [1.165, 1.54) is 16.7 Å². The van der Waals surface area contributed by atoms with Gasteiger partial charge >= 0.3 is 0 Å². The average molecular weight is 779 g/mol. The Morgan fingerprint density at radius 1 is 0.655 bits per heavy atom. The monoisotopic (exact) mass is 778 g/mol. The molecule has 2 rings (SSSR count). The number of primary amides is 1. The summed E-state index contributed by atoms with van der Waals surface area (Å²) in [5, 5.41) is 23.5. The molecule has 0 radical (unpaired) electrons. The summed E-state index contributed by atoms with van der Waals surface area (Å²) < 4.78 is 0. The molecule has 2 saturated heterocycles. The molecule has 8 atom stereocenters. The Balaban J connectivity index is 2.19. The number of hydrogen-bond donors (Lipinski definition) is 7. The highest BCUT2D eigenvalue weighted by Gasteiger charge is 2.42. The first-order valence-corrected chi connectivity index (χ1v) is 19.7. The maximum atomic E-state index is 14.0. The van der Waals surface area contributed by atoms with Crippen LogP contribution in [0.3, 0.4) is 0 Å². The van der Waals surface area contributed by atoms with Crippen LogP contribution in [0, 0.1) is 23.7 Å². The quantitative estimate of drug-likeness (QED) is 0.0855. The Bertz CT molecular complexity index is 1390. The zero-order valence-electron chi connectivity index (χ0n) is 34.1. The van der Waals surface area contributed by atoms with Gasteiger partial charge in [0.15, 0.2) is 0 Å². The summed E-state index contributed by atoms with van der Waals surface area (Å²) in [4.78, 5) is 108. The van der Waals surface area contributed by atoms with Crippen molar-refractivity contribution in [3.8, 4) is 0 Å². The molecular formula is C38H66N8O9. The van der Waals surface area contributed by atoms with Gasteiger partial charge in [-0.25, -0.2) is 0 Å². The van der Waals surface area contributed by atoms with Gasteiger partial charge in [0.25, 0.3) is 0 Å². The van der Waals surface area contributed by atoms with Crippen LogP contribution in [0.5, 0.6) is 0 Å². The predicted octanol–water partition coefficient (Wildman–Crippen LogP) is -0.316. The Morgan fingerprint density at radius 2 is 1.16 bits per heavy atom. The SMILES string of the molecule is CC[C@H](C)[C@H](NC(=O)[C@H](CO)NC(=O)[C@@H](NC(=O)[C@@H]1CCCN1C(=O)[C@H](CC(C)C)NC(C)=O)C(C)C)C(=O)N1CCC[C@H]1C(=O)N[C@@H](CC(C)C)C(N)=O. The highest BCUT2D eigenvalue weighted by atomic mass is 16.3. The minimum absolute atomic E-state index is 0.0779. The van der Waals surface area contributed by atoms with Crippen LogP contribution in [0.4, 0.5) is 0 Å². The molecule has 2 aliphatic heterocycles. The van der Waals surface area contributed by atoms with Crippen LogP contribution in [0.2, 0.25) is 0 Å². The molecule has 8 N–H and O–H groups in total. The number of nitrogens with zero attached hydrogens (tertiary/aromatic N) is 2. The summed E-state index contributed by atoms with van der Waals surface area (Å²) >= 11 is 0. The molecular weight excluding hydrogens is 712 g/mol. The summed E-state index contributed by atoms with van der Waals surface area (Å²) in [5.74, 6) is -5.29. The molecule has 2 fully saturated rings. The van der Waals surface area contributed by atoms with Crippen molar-refractivity contribution in [2.24, 2.45) is 29.4 Å². The van der Waals surface area contributed by atoms with Crippen LogP contribution in [-0.2, 0) is 38.4 Å². The first-order chi connectivity index (χ1) is 25.7. The van der Waals surface area contributed by atoms with E-state index in [9.17, 15) is 43.5 Å². The van der Waals surface area contributed by atoms with Crippen molar-refractivity contribution in [1.82, 2.24) is 36.4 Å². The molecule has 2 heterocycles. The normalized spacial score (nSPS) is 20.3. The van der Waals surface area contributed by atoms with E-state index in [0.29, 0.717) is 51.5 Å². The second kappa shape index (κ2) is 21.7. The minimum Gasteiger partial charge on any atom is -0.394 e. The van der Waals surface area contributed by atoms with Gasteiger partial charge < -0.3 is 47.2 Å². The lowest BCUT2D eigenvalue weighted by atomic mass is 9.96. The fourth-order valence-corrected chi connectivity index (χ4v) is 7.09. The van der Waals surface area contributed by atoms with Crippen molar-refractivity contribution in [3.63, 3.8) is 0 Å². The molecule has 0 aromatic rings. The third-order valence-electron chi connectivity index (χ3n) is 10.3.